The van der Waals surface area contributed by atoms with Gasteiger partial charge in [-0.1, -0.05) is 55.0 Å². The first kappa shape index (κ1) is 16.1. The Hall–Kier alpha value is -1.29. The number of ether oxygens (including phenoxy) is 1. The van der Waals surface area contributed by atoms with E-state index in [0.29, 0.717) is 12.2 Å². The molecule has 4 heteroatoms. The number of H-pyrrole nitrogens is 1. The van der Waals surface area contributed by atoms with Gasteiger partial charge in [-0.3, -0.25) is 4.79 Å². The van der Waals surface area contributed by atoms with Crippen LogP contribution in [0.5, 0.6) is 5.75 Å². The highest BCUT2D eigenvalue weighted by Crippen LogP contribution is 2.28. The van der Waals surface area contributed by atoms with Gasteiger partial charge in [0, 0.05) is 28.0 Å². The molecule has 21 heavy (non-hydrogen) atoms. The van der Waals surface area contributed by atoms with Crippen molar-refractivity contribution in [3.63, 3.8) is 0 Å². The Morgan fingerprint density at radius 1 is 1.19 bits per heavy atom. The quantitative estimate of drug-likeness (QED) is 0.497. The first-order valence-corrected chi connectivity index (χ1v) is 8.47. The maximum atomic E-state index is 11.9. The number of fused-ring (bicyclic) bond motifs is 1. The Morgan fingerprint density at radius 2 is 1.95 bits per heavy atom. The molecule has 0 radical (unpaired) electrons. The van der Waals surface area contributed by atoms with E-state index in [1.165, 1.54) is 25.7 Å². The van der Waals surface area contributed by atoms with Crippen LogP contribution < -0.4 is 4.74 Å². The van der Waals surface area contributed by atoms with E-state index < -0.39 is 0 Å². The van der Waals surface area contributed by atoms with Crippen LogP contribution in [0.3, 0.4) is 0 Å². The van der Waals surface area contributed by atoms with Crippen LogP contribution in [0.15, 0.2) is 28.9 Å². The standard InChI is InChI=1S/C17H22BrNO2/c1-2-3-4-5-6-7-8-17(20)21-16-12-19-15-10-9-13(18)11-14(15)16/h9-12,19H,2-8H2,1H3. The number of unbranched alkanes of at least 4 members (excludes halogenated alkanes) is 5. The third-order valence-corrected chi connectivity index (χ3v) is 4.06. The second kappa shape index (κ2) is 8.23. The maximum Gasteiger partial charge on any atom is 0.311 e. The highest BCUT2D eigenvalue weighted by molar-refractivity contribution is 9.10. The summed E-state index contributed by atoms with van der Waals surface area (Å²) in [5, 5.41) is 0.931. The van der Waals surface area contributed by atoms with Crippen LogP contribution in [-0.4, -0.2) is 11.0 Å². The van der Waals surface area contributed by atoms with Gasteiger partial charge in [-0.05, 0) is 24.6 Å². The molecule has 0 aliphatic carbocycles. The molecular weight excluding hydrogens is 330 g/mol. The third-order valence-electron chi connectivity index (χ3n) is 3.56. The van der Waals surface area contributed by atoms with Gasteiger partial charge in [0.25, 0.3) is 0 Å². The van der Waals surface area contributed by atoms with Crippen molar-refractivity contribution in [3.8, 4) is 5.75 Å². The number of aromatic amines is 1. The summed E-state index contributed by atoms with van der Waals surface area (Å²) < 4.78 is 6.43. The second-order valence-electron chi connectivity index (χ2n) is 5.33. The van der Waals surface area contributed by atoms with Gasteiger partial charge in [-0.25, -0.2) is 0 Å². The zero-order valence-corrected chi connectivity index (χ0v) is 14.0. The summed E-state index contributed by atoms with van der Waals surface area (Å²) in [5.41, 5.74) is 0.973. The maximum absolute atomic E-state index is 11.9. The SMILES string of the molecule is CCCCCCCCC(=O)Oc1c[nH]c2ccc(Br)cc12. The lowest BCUT2D eigenvalue weighted by atomic mass is 10.1. The smallest absolute Gasteiger partial charge is 0.311 e. The summed E-state index contributed by atoms with van der Waals surface area (Å²) >= 11 is 3.43. The van der Waals surface area contributed by atoms with Crippen LogP contribution in [0.1, 0.15) is 51.9 Å². The van der Waals surface area contributed by atoms with E-state index in [9.17, 15) is 4.79 Å². The van der Waals surface area contributed by atoms with Crippen molar-refractivity contribution in [3.05, 3.63) is 28.9 Å². The van der Waals surface area contributed by atoms with Crippen LogP contribution >= 0.6 is 15.9 Å². The number of carbonyl (C=O) groups excluding carboxylic acids is 1. The fraction of sp³-hybridized carbons (Fsp3) is 0.471. The molecule has 0 bridgehead atoms. The molecule has 0 amide bonds. The van der Waals surface area contributed by atoms with Crippen molar-refractivity contribution in [2.45, 2.75) is 51.9 Å². The Kier molecular flexibility index (Phi) is 6.30. The van der Waals surface area contributed by atoms with Gasteiger partial charge in [-0.2, -0.15) is 0 Å². The first-order valence-electron chi connectivity index (χ1n) is 7.68. The van der Waals surface area contributed by atoms with E-state index in [2.05, 4.69) is 27.8 Å². The predicted molar refractivity (Wildman–Crippen MR) is 89.6 cm³/mol. The fourth-order valence-corrected chi connectivity index (χ4v) is 2.74. The van der Waals surface area contributed by atoms with Crippen molar-refractivity contribution < 1.29 is 9.53 Å². The molecule has 2 aromatic rings. The van der Waals surface area contributed by atoms with E-state index in [4.69, 9.17) is 4.74 Å². The summed E-state index contributed by atoms with van der Waals surface area (Å²) in [7, 11) is 0. The average Bonchev–Trinajstić information content (AvgIpc) is 2.85. The molecule has 0 spiro atoms. The lowest BCUT2D eigenvalue weighted by molar-refractivity contribution is -0.134. The number of benzene rings is 1. The van der Waals surface area contributed by atoms with E-state index in [-0.39, 0.29) is 5.97 Å². The molecule has 3 nitrogen and oxygen atoms in total. The average molecular weight is 352 g/mol. The number of halogens is 1. The van der Waals surface area contributed by atoms with Gasteiger partial charge in [0.05, 0.1) is 0 Å². The molecule has 1 aromatic carbocycles. The second-order valence-corrected chi connectivity index (χ2v) is 6.25. The molecule has 1 heterocycles. The van der Waals surface area contributed by atoms with Crippen LogP contribution in [0.4, 0.5) is 0 Å². The number of hydrogen-bond donors (Lipinski definition) is 1. The summed E-state index contributed by atoms with van der Waals surface area (Å²) in [6, 6.07) is 5.88. The molecule has 0 saturated carbocycles. The van der Waals surface area contributed by atoms with Gasteiger partial charge in [0.15, 0.2) is 5.75 Å². The fourth-order valence-electron chi connectivity index (χ4n) is 2.38. The Balaban J connectivity index is 1.80. The minimum atomic E-state index is -0.147. The molecule has 0 aliphatic rings. The molecule has 1 aromatic heterocycles. The van der Waals surface area contributed by atoms with Gasteiger partial charge >= 0.3 is 5.97 Å². The number of rotatable bonds is 8. The van der Waals surface area contributed by atoms with E-state index in [1.807, 2.05) is 18.2 Å². The Morgan fingerprint density at radius 3 is 2.76 bits per heavy atom. The van der Waals surface area contributed by atoms with Crippen LogP contribution in [0.2, 0.25) is 0 Å². The van der Waals surface area contributed by atoms with Crippen LogP contribution in [0, 0.1) is 0 Å². The summed E-state index contributed by atoms with van der Waals surface area (Å²) in [6.07, 6.45) is 9.27. The van der Waals surface area contributed by atoms with Crippen molar-refractivity contribution in [1.82, 2.24) is 4.98 Å². The molecule has 0 aliphatic heterocycles. The number of esters is 1. The molecule has 114 valence electrons. The molecular formula is C17H22BrNO2. The lowest BCUT2D eigenvalue weighted by Crippen LogP contribution is -2.07. The summed E-state index contributed by atoms with van der Waals surface area (Å²) in [6.45, 7) is 2.21. The normalized spacial score (nSPS) is 11.0. The number of carbonyl (C=O) groups is 1. The molecule has 2 rings (SSSR count). The summed E-state index contributed by atoms with van der Waals surface area (Å²) in [5.74, 6) is 0.466. The minimum absolute atomic E-state index is 0.147. The van der Waals surface area contributed by atoms with Crippen molar-refractivity contribution >= 4 is 32.8 Å². The largest absolute Gasteiger partial charge is 0.424 e. The zero-order chi connectivity index (χ0) is 15.1. The van der Waals surface area contributed by atoms with Gasteiger partial charge in [-0.15, -0.1) is 0 Å². The number of aromatic nitrogens is 1. The monoisotopic (exact) mass is 351 g/mol. The molecule has 0 fully saturated rings. The lowest BCUT2D eigenvalue weighted by Gasteiger charge is -2.03. The zero-order valence-electron chi connectivity index (χ0n) is 12.5. The topological polar surface area (TPSA) is 42.1 Å². The van der Waals surface area contributed by atoms with E-state index >= 15 is 0 Å². The highest BCUT2D eigenvalue weighted by atomic mass is 79.9. The van der Waals surface area contributed by atoms with Gasteiger partial charge in [0.1, 0.15) is 0 Å². The molecule has 0 atom stereocenters. The van der Waals surface area contributed by atoms with Crippen LogP contribution in [0.25, 0.3) is 10.9 Å². The number of hydrogen-bond acceptors (Lipinski definition) is 2. The number of nitrogens with one attached hydrogen (secondary N) is 1. The Labute approximate surface area is 134 Å². The molecule has 0 saturated heterocycles. The van der Waals surface area contributed by atoms with E-state index in [1.54, 1.807) is 6.20 Å². The third kappa shape index (κ3) is 4.88. The summed E-state index contributed by atoms with van der Waals surface area (Å²) in [4.78, 5) is 15.0. The van der Waals surface area contributed by atoms with Crippen molar-refractivity contribution in [1.29, 1.82) is 0 Å². The Bertz CT molecular complexity index is 591. The first-order chi connectivity index (χ1) is 10.2. The van der Waals surface area contributed by atoms with Crippen molar-refractivity contribution in [2.24, 2.45) is 0 Å². The van der Waals surface area contributed by atoms with Crippen LogP contribution in [-0.2, 0) is 4.79 Å². The minimum Gasteiger partial charge on any atom is -0.424 e. The van der Waals surface area contributed by atoms with Crippen molar-refractivity contribution in [2.75, 3.05) is 0 Å². The highest BCUT2D eigenvalue weighted by Gasteiger charge is 2.10. The van der Waals surface area contributed by atoms with Gasteiger partial charge < -0.3 is 9.72 Å². The molecule has 1 N–H and O–H groups in total. The van der Waals surface area contributed by atoms with Gasteiger partial charge in [0.2, 0.25) is 0 Å². The predicted octanol–water partition coefficient (Wildman–Crippen LogP) is 5.59. The molecule has 0 unspecified atom stereocenters. The van der Waals surface area contributed by atoms with E-state index in [0.717, 1.165) is 28.2 Å².